The molecule has 24 heavy (non-hydrogen) atoms. The summed E-state index contributed by atoms with van der Waals surface area (Å²) in [5.74, 6) is 0.0843. The van der Waals surface area contributed by atoms with E-state index in [1.807, 2.05) is 5.38 Å². The number of amides is 1. The van der Waals surface area contributed by atoms with Gasteiger partial charge in [-0.2, -0.15) is 0 Å². The molecule has 7 heteroatoms. The molecule has 1 unspecified atom stereocenters. The summed E-state index contributed by atoms with van der Waals surface area (Å²) in [6.45, 7) is 7.33. The van der Waals surface area contributed by atoms with Crippen LogP contribution in [0.25, 0.3) is 0 Å². The molecule has 1 atom stereocenters. The number of carbonyl (C=O) groups is 1. The monoisotopic (exact) mass is 351 g/mol. The maximum Gasteiger partial charge on any atom is 0.243 e. The first-order valence-electron chi connectivity index (χ1n) is 9.01. The molecule has 0 aliphatic carbocycles. The van der Waals surface area contributed by atoms with Crippen molar-refractivity contribution < 1.29 is 4.79 Å². The van der Waals surface area contributed by atoms with Crippen LogP contribution in [0.15, 0.2) is 11.6 Å². The van der Waals surface area contributed by atoms with Gasteiger partial charge in [0.15, 0.2) is 5.13 Å². The second-order valence-corrected chi connectivity index (χ2v) is 7.87. The van der Waals surface area contributed by atoms with Gasteiger partial charge in [0.25, 0.3) is 0 Å². The molecule has 2 aliphatic rings. The second-order valence-electron chi connectivity index (χ2n) is 6.97. The summed E-state index contributed by atoms with van der Waals surface area (Å²) < 4.78 is 0. The lowest BCUT2D eigenvalue weighted by Gasteiger charge is -2.46. The molecule has 2 saturated heterocycles. The van der Waals surface area contributed by atoms with Gasteiger partial charge in [-0.1, -0.05) is 6.92 Å². The van der Waals surface area contributed by atoms with Crippen molar-refractivity contribution in [3.8, 4) is 0 Å². The molecular formula is C17H29N5OS. The summed E-state index contributed by atoms with van der Waals surface area (Å²) >= 11 is 1.47. The minimum absolute atomic E-state index is 0.0767. The molecule has 0 bridgehead atoms. The molecule has 1 amide bonds. The number of nitrogens with zero attached hydrogens (tertiary/aromatic N) is 3. The van der Waals surface area contributed by atoms with Crippen molar-refractivity contribution in [3.63, 3.8) is 0 Å². The summed E-state index contributed by atoms with van der Waals surface area (Å²) in [5, 5.41) is 9.06. The summed E-state index contributed by atoms with van der Waals surface area (Å²) in [6.07, 6.45) is 5.99. The quantitative estimate of drug-likeness (QED) is 0.863. The Bertz CT molecular complexity index is 529. The van der Waals surface area contributed by atoms with E-state index in [1.165, 1.54) is 11.3 Å². The lowest BCUT2D eigenvalue weighted by atomic mass is 9.86. The van der Waals surface area contributed by atoms with Gasteiger partial charge < -0.3 is 10.6 Å². The van der Waals surface area contributed by atoms with Crippen LogP contribution in [0.2, 0.25) is 0 Å². The Morgan fingerprint density at radius 2 is 2.25 bits per heavy atom. The van der Waals surface area contributed by atoms with Crippen LogP contribution in [0.5, 0.6) is 0 Å². The van der Waals surface area contributed by atoms with Gasteiger partial charge in [0.2, 0.25) is 5.91 Å². The van der Waals surface area contributed by atoms with Gasteiger partial charge in [-0.15, -0.1) is 11.3 Å². The van der Waals surface area contributed by atoms with Crippen LogP contribution >= 0.6 is 11.3 Å². The maximum absolute atomic E-state index is 12.8. The molecule has 3 heterocycles. The van der Waals surface area contributed by atoms with Crippen LogP contribution in [-0.2, 0) is 4.79 Å². The van der Waals surface area contributed by atoms with E-state index in [2.05, 4.69) is 39.4 Å². The van der Waals surface area contributed by atoms with E-state index in [0.29, 0.717) is 5.13 Å². The molecule has 2 N–H and O–H groups in total. The zero-order chi connectivity index (χ0) is 17.0. The number of likely N-dealkylation sites (N-methyl/N-ethyl adjacent to an activating group) is 1. The number of anilines is 1. The average molecular weight is 352 g/mol. The standard InChI is InChI=1S/C17H29N5OS/c1-3-14(15(23)20-16-19-9-12-24-16)22-11-4-10-21(2)17(13-22)5-7-18-8-6-17/h9,12,14,18H,3-8,10-11,13H2,1-2H3,(H,19,20,23). The minimum atomic E-state index is -0.0767. The van der Waals surface area contributed by atoms with Gasteiger partial charge in [-0.05, 0) is 52.4 Å². The molecule has 0 radical (unpaired) electrons. The number of piperidine rings is 1. The largest absolute Gasteiger partial charge is 0.317 e. The van der Waals surface area contributed by atoms with Crippen molar-refractivity contribution >= 4 is 22.4 Å². The highest BCUT2D eigenvalue weighted by molar-refractivity contribution is 7.13. The smallest absolute Gasteiger partial charge is 0.243 e. The Morgan fingerprint density at radius 1 is 1.46 bits per heavy atom. The van der Waals surface area contributed by atoms with Crippen LogP contribution in [0, 0.1) is 0 Å². The zero-order valence-corrected chi connectivity index (χ0v) is 15.6. The highest BCUT2D eigenvalue weighted by Crippen LogP contribution is 2.30. The Kier molecular flexibility index (Phi) is 5.86. The molecule has 2 aliphatic heterocycles. The zero-order valence-electron chi connectivity index (χ0n) is 14.8. The number of aromatic nitrogens is 1. The van der Waals surface area contributed by atoms with E-state index < -0.39 is 0 Å². The van der Waals surface area contributed by atoms with Crippen LogP contribution in [0.4, 0.5) is 5.13 Å². The number of carbonyl (C=O) groups excluding carboxylic acids is 1. The number of hydrogen-bond donors (Lipinski definition) is 2. The van der Waals surface area contributed by atoms with Crippen molar-refractivity contribution in [3.05, 3.63) is 11.6 Å². The van der Waals surface area contributed by atoms with Gasteiger partial charge >= 0.3 is 0 Å². The van der Waals surface area contributed by atoms with Crippen molar-refractivity contribution in [2.45, 2.75) is 44.2 Å². The molecule has 2 fully saturated rings. The number of rotatable bonds is 4. The van der Waals surface area contributed by atoms with Gasteiger partial charge in [-0.25, -0.2) is 4.98 Å². The van der Waals surface area contributed by atoms with Crippen molar-refractivity contribution in [2.24, 2.45) is 0 Å². The third-order valence-corrected chi connectivity index (χ3v) is 6.26. The maximum atomic E-state index is 12.8. The number of nitrogens with one attached hydrogen (secondary N) is 2. The van der Waals surface area contributed by atoms with E-state index in [0.717, 1.165) is 58.4 Å². The first-order valence-corrected chi connectivity index (χ1v) is 9.89. The predicted molar refractivity (Wildman–Crippen MR) is 98.5 cm³/mol. The lowest BCUT2D eigenvalue weighted by Crippen LogP contribution is -2.59. The topological polar surface area (TPSA) is 60.5 Å². The van der Waals surface area contributed by atoms with E-state index in [4.69, 9.17) is 0 Å². The van der Waals surface area contributed by atoms with Crippen molar-refractivity contribution in [1.82, 2.24) is 20.1 Å². The highest BCUT2D eigenvalue weighted by Gasteiger charge is 2.41. The predicted octanol–water partition coefficient (Wildman–Crippen LogP) is 1.62. The molecule has 1 aromatic heterocycles. The summed E-state index contributed by atoms with van der Waals surface area (Å²) in [4.78, 5) is 21.9. The Balaban J connectivity index is 1.73. The van der Waals surface area contributed by atoms with Gasteiger partial charge in [0.1, 0.15) is 0 Å². The van der Waals surface area contributed by atoms with E-state index in [9.17, 15) is 4.79 Å². The van der Waals surface area contributed by atoms with Gasteiger partial charge in [-0.3, -0.25) is 14.6 Å². The highest BCUT2D eigenvalue weighted by atomic mass is 32.1. The molecule has 6 nitrogen and oxygen atoms in total. The van der Waals surface area contributed by atoms with E-state index >= 15 is 0 Å². The fraction of sp³-hybridized carbons (Fsp3) is 0.765. The molecular weight excluding hydrogens is 322 g/mol. The molecule has 134 valence electrons. The SMILES string of the molecule is CCC(C(=O)Nc1nccs1)N1CCCN(C)C2(CCNCC2)C1. The third kappa shape index (κ3) is 3.79. The van der Waals surface area contributed by atoms with Gasteiger partial charge in [0.05, 0.1) is 6.04 Å². The number of thiazole rings is 1. The molecule has 0 saturated carbocycles. The van der Waals surface area contributed by atoms with Crippen LogP contribution in [0.1, 0.15) is 32.6 Å². The molecule has 0 aromatic carbocycles. The van der Waals surface area contributed by atoms with Crippen molar-refractivity contribution in [1.29, 1.82) is 0 Å². The molecule has 3 rings (SSSR count). The summed E-state index contributed by atoms with van der Waals surface area (Å²) in [6, 6.07) is -0.0767. The van der Waals surface area contributed by atoms with E-state index in [-0.39, 0.29) is 17.5 Å². The van der Waals surface area contributed by atoms with Crippen LogP contribution in [0.3, 0.4) is 0 Å². The molecule has 1 spiro atoms. The van der Waals surface area contributed by atoms with Crippen molar-refractivity contribution in [2.75, 3.05) is 45.1 Å². The lowest BCUT2D eigenvalue weighted by molar-refractivity contribution is -0.122. The Labute approximate surface area is 148 Å². The average Bonchev–Trinajstić information content (AvgIpc) is 3.03. The van der Waals surface area contributed by atoms with Crippen LogP contribution in [-0.4, -0.2) is 72.0 Å². The number of hydrogen-bond acceptors (Lipinski definition) is 6. The van der Waals surface area contributed by atoms with E-state index in [1.54, 1.807) is 6.20 Å². The molecule has 1 aromatic rings. The normalized spacial score (nSPS) is 23.8. The van der Waals surface area contributed by atoms with Crippen LogP contribution < -0.4 is 10.6 Å². The summed E-state index contributed by atoms with van der Waals surface area (Å²) in [5.41, 5.74) is 0.205. The fourth-order valence-electron chi connectivity index (χ4n) is 4.11. The Hall–Kier alpha value is -1.02. The second kappa shape index (κ2) is 7.91. The Morgan fingerprint density at radius 3 is 2.92 bits per heavy atom. The fourth-order valence-corrected chi connectivity index (χ4v) is 4.64. The summed E-state index contributed by atoms with van der Waals surface area (Å²) in [7, 11) is 2.26. The third-order valence-electron chi connectivity index (χ3n) is 5.57. The minimum Gasteiger partial charge on any atom is -0.317 e. The first-order chi connectivity index (χ1) is 11.6. The first kappa shape index (κ1) is 17.8. The van der Waals surface area contributed by atoms with Gasteiger partial charge in [0, 0.05) is 30.2 Å².